The second-order valence-electron chi connectivity index (χ2n) is 9.12. The monoisotopic (exact) mass is 397 g/mol. The highest BCUT2D eigenvalue weighted by atomic mass is 16.2. The molecule has 2 amide bonds. The average Bonchev–Trinajstić information content (AvgIpc) is 3.61. The van der Waals surface area contributed by atoms with Crippen molar-refractivity contribution >= 4 is 17.5 Å². The second-order valence-corrected chi connectivity index (χ2v) is 9.12. The number of carbonyl (C=O) groups excluding carboxylic acids is 2. The molecule has 1 aromatic carbocycles. The van der Waals surface area contributed by atoms with E-state index >= 15 is 0 Å². The summed E-state index contributed by atoms with van der Waals surface area (Å²) in [4.78, 5) is 30.4. The van der Waals surface area contributed by atoms with E-state index < -0.39 is 0 Å². The number of nitrogens with zero attached hydrogens (tertiary/aromatic N) is 2. The van der Waals surface area contributed by atoms with Gasteiger partial charge in [-0.1, -0.05) is 38.3 Å². The summed E-state index contributed by atoms with van der Waals surface area (Å²) in [6.45, 7) is 7.00. The minimum absolute atomic E-state index is 0.131. The molecular formula is C24H35N3O2. The molecule has 0 radical (unpaired) electrons. The summed E-state index contributed by atoms with van der Waals surface area (Å²) in [7, 11) is 0. The molecule has 2 saturated carbocycles. The van der Waals surface area contributed by atoms with Gasteiger partial charge in [-0.3, -0.25) is 14.5 Å². The number of piperazine rings is 1. The number of amides is 2. The molecule has 29 heavy (non-hydrogen) atoms. The van der Waals surface area contributed by atoms with Crippen LogP contribution in [-0.4, -0.2) is 54.3 Å². The maximum atomic E-state index is 13.7. The summed E-state index contributed by atoms with van der Waals surface area (Å²) in [5.74, 6) is 0.654. The van der Waals surface area contributed by atoms with E-state index in [1.165, 1.54) is 12.8 Å². The minimum Gasteiger partial charge on any atom is -0.339 e. The number of carbonyl (C=O) groups is 2. The highest BCUT2D eigenvalue weighted by Gasteiger charge is 2.44. The van der Waals surface area contributed by atoms with Crippen molar-refractivity contribution in [3.05, 3.63) is 29.8 Å². The first kappa shape index (κ1) is 20.4. The van der Waals surface area contributed by atoms with E-state index in [9.17, 15) is 9.59 Å². The highest BCUT2D eigenvalue weighted by molar-refractivity contribution is 5.94. The molecule has 0 aromatic heterocycles. The fourth-order valence-electron chi connectivity index (χ4n) is 5.04. The Hall–Kier alpha value is -1.88. The smallest absolute Gasteiger partial charge is 0.233 e. The van der Waals surface area contributed by atoms with Crippen LogP contribution in [0.1, 0.15) is 63.9 Å². The first-order chi connectivity index (χ1) is 14.1. The summed E-state index contributed by atoms with van der Waals surface area (Å²) in [5.41, 5.74) is 1.59. The Morgan fingerprint density at radius 2 is 1.66 bits per heavy atom. The molecular weight excluding hydrogens is 362 g/mol. The first-order valence-electron chi connectivity index (χ1n) is 11.6. The third-order valence-electron chi connectivity index (χ3n) is 6.97. The van der Waals surface area contributed by atoms with Crippen molar-refractivity contribution in [2.45, 2.75) is 63.7 Å². The number of benzene rings is 1. The minimum atomic E-state index is -0.385. The number of nitrogens with one attached hydrogen (secondary N) is 1. The normalized spacial score (nSPS) is 22.3. The zero-order chi connectivity index (χ0) is 20.3. The molecule has 0 spiro atoms. The largest absolute Gasteiger partial charge is 0.339 e. The molecule has 3 aliphatic rings. The summed E-state index contributed by atoms with van der Waals surface area (Å²) < 4.78 is 0. The van der Waals surface area contributed by atoms with Gasteiger partial charge in [0.05, 0.1) is 5.41 Å². The summed E-state index contributed by atoms with van der Waals surface area (Å²) in [6.07, 6.45) is 8.50. The number of hydrogen-bond acceptors (Lipinski definition) is 3. The molecule has 0 atom stereocenters. The number of anilines is 1. The molecule has 5 nitrogen and oxygen atoms in total. The van der Waals surface area contributed by atoms with Crippen molar-refractivity contribution in [2.75, 3.05) is 38.0 Å². The van der Waals surface area contributed by atoms with Gasteiger partial charge in [-0.2, -0.15) is 0 Å². The molecule has 1 heterocycles. The van der Waals surface area contributed by atoms with Crippen molar-refractivity contribution in [3.63, 3.8) is 0 Å². The lowest BCUT2D eigenvalue weighted by molar-refractivity contribution is -0.140. The van der Waals surface area contributed by atoms with E-state index in [1.54, 1.807) is 0 Å². The lowest BCUT2D eigenvalue weighted by Crippen LogP contribution is -2.55. The summed E-state index contributed by atoms with van der Waals surface area (Å²) >= 11 is 0. The van der Waals surface area contributed by atoms with Gasteiger partial charge in [-0.05, 0) is 56.3 Å². The average molecular weight is 398 g/mol. The van der Waals surface area contributed by atoms with Crippen molar-refractivity contribution in [1.29, 1.82) is 0 Å². The van der Waals surface area contributed by atoms with Crippen LogP contribution < -0.4 is 5.32 Å². The molecule has 3 fully saturated rings. The highest BCUT2D eigenvalue weighted by Crippen LogP contribution is 2.41. The standard InChI is InChI=1S/C24H35N3O2/c1-2-14-26-15-17-27(18-16-26)23(29)24(12-4-3-5-13-24)20-8-10-21(11-9-20)25-22(28)19-6-7-19/h8-11,19H,2-7,12-18H2,1H3,(H,25,28). The molecule has 2 aliphatic carbocycles. The van der Waals surface area contributed by atoms with Crippen LogP contribution in [0.3, 0.4) is 0 Å². The van der Waals surface area contributed by atoms with Crippen molar-refractivity contribution < 1.29 is 9.59 Å². The fourth-order valence-corrected chi connectivity index (χ4v) is 5.04. The summed E-state index contributed by atoms with van der Waals surface area (Å²) in [6, 6.07) is 8.13. The van der Waals surface area contributed by atoms with Gasteiger partial charge in [0.1, 0.15) is 0 Å². The van der Waals surface area contributed by atoms with E-state index in [-0.39, 0.29) is 17.2 Å². The van der Waals surface area contributed by atoms with Gasteiger partial charge in [0, 0.05) is 37.8 Å². The fraction of sp³-hybridized carbons (Fsp3) is 0.667. The van der Waals surface area contributed by atoms with Crippen molar-refractivity contribution in [2.24, 2.45) is 5.92 Å². The number of rotatable bonds is 6. The predicted molar refractivity (Wildman–Crippen MR) is 116 cm³/mol. The number of hydrogen-bond donors (Lipinski definition) is 1. The van der Waals surface area contributed by atoms with Crippen molar-refractivity contribution in [1.82, 2.24) is 9.80 Å². The predicted octanol–water partition coefficient (Wildman–Crippen LogP) is 3.79. The zero-order valence-electron chi connectivity index (χ0n) is 17.8. The van der Waals surface area contributed by atoms with Gasteiger partial charge in [0.25, 0.3) is 0 Å². The molecule has 5 heteroatoms. The van der Waals surface area contributed by atoms with Crippen LogP contribution in [0.4, 0.5) is 5.69 Å². The quantitative estimate of drug-likeness (QED) is 0.795. The van der Waals surface area contributed by atoms with Gasteiger partial charge >= 0.3 is 0 Å². The maximum Gasteiger partial charge on any atom is 0.233 e. The van der Waals surface area contributed by atoms with Gasteiger partial charge in [-0.25, -0.2) is 0 Å². The van der Waals surface area contributed by atoms with E-state index in [4.69, 9.17) is 0 Å². The van der Waals surface area contributed by atoms with E-state index in [2.05, 4.69) is 34.2 Å². The Labute approximate surface area is 174 Å². The lowest BCUT2D eigenvalue weighted by atomic mass is 9.68. The Balaban J connectivity index is 1.49. The second kappa shape index (κ2) is 8.86. The summed E-state index contributed by atoms with van der Waals surface area (Å²) in [5, 5.41) is 3.02. The SMILES string of the molecule is CCCN1CCN(C(=O)C2(c3ccc(NC(=O)C4CC4)cc3)CCCCC2)CC1. The first-order valence-corrected chi connectivity index (χ1v) is 11.6. The van der Waals surface area contributed by atoms with Gasteiger partial charge in [0.15, 0.2) is 0 Å². The van der Waals surface area contributed by atoms with Crippen LogP contribution in [0.25, 0.3) is 0 Å². The molecule has 0 bridgehead atoms. The molecule has 1 saturated heterocycles. The maximum absolute atomic E-state index is 13.7. The molecule has 1 aliphatic heterocycles. The molecule has 1 N–H and O–H groups in total. The molecule has 0 unspecified atom stereocenters. The van der Waals surface area contributed by atoms with E-state index in [1.807, 2.05) is 12.1 Å². The van der Waals surface area contributed by atoms with Crippen LogP contribution in [0.5, 0.6) is 0 Å². The Morgan fingerprint density at radius 3 is 2.24 bits per heavy atom. The molecule has 4 rings (SSSR count). The van der Waals surface area contributed by atoms with Gasteiger partial charge in [-0.15, -0.1) is 0 Å². The van der Waals surface area contributed by atoms with Crippen LogP contribution in [0.2, 0.25) is 0 Å². The lowest BCUT2D eigenvalue weighted by Gasteiger charge is -2.43. The topological polar surface area (TPSA) is 52.6 Å². The third-order valence-corrected chi connectivity index (χ3v) is 6.97. The third kappa shape index (κ3) is 4.50. The van der Waals surface area contributed by atoms with E-state index in [0.717, 1.165) is 82.5 Å². The zero-order valence-corrected chi connectivity index (χ0v) is 17.8. The van der Waals surface area contributed by atoms with Crippen LogP contribution in [0.15, 0.2) is 24.3 Å². The Kier molecular flexibility index (Phi) is 6.23. The van der Waals surface area contributed by atoms with Crippen molar-refractivity contribution in [3.8, 4) is 0 Å². The van der Waals surface area contributed by atoms with E-state index in [0.29, 0.717) is 5.91 Å². The Bertz CT molecular complexity index is 712. The van der Waals surface area contributed by atoms with Crippen LogP contribution in [0, 0.1) is 5.92 Å². The van der Waals surface area contributed by atoms with Crippen LogP contribution in [-0.2, 0) is 15.0 Å². The van der Waals surface area contributed by atoms with Gasteiger partial charge < -0.3 is 10.2 Å². The van der Waals surface area contributed by atoms with Gasteiger partial charge in [0.2, 0.25) is 11.8 Å². The Morgan fingerprint density at radius 1 is 1.00 bits per heavy atom. The van der Waals surface area contributed by atoms with Crippen LogP contribution >= 0.6 is 0 Å². The molecule has 1 aromatic rings. The molecule has 158 valence electrons.